The second kappa shape index (κ2) is 8.91. The smallest absolute Gasteiger partial charge is 0.347 e. The van der Waals surface area contributed by atoms with E-state index in [-0.39, 0.29) is 6.61 Å². The Bertz CT molecular complexity index is 247. The molecule has 0 amide bonds. The van der Waals surface area contributed by atoms with Crippen LogP contribution in [-0.2, 0) is 23.8 Å². The summed E-state index contributed by atoms with van der Waals surface area (Å²) >= 11 is 0. The van der Waals surface area contributed by atoms with Crippen LogP contribution >= 0.6 is 0 Å². The van der Waals surface area contributed by atoms with Crippen molar-refractivity contribution in [3.8, 4) is 0 Å². The van der Waals surface area contributed by atoms with Crippen LogP contribution in [0, 0.1) is 0 Å². The van der Waals surface area contributed by atoms with Crippen LogP contribution in [0.1, 0.15) is 20.8 Å². The van der Waals surface area contributed by atoms with E-state index in [0.717, 1.165) is 0 Å². The van der Waals surface area contributed by atoms with Crippen molar-refractivity contribution in [3.05, 3.63) is 12.2 Å². The molecule has 5 nitrogen and oxygen atoms in total. The summed E-state index contributed by atoms with van der Waals surface area (Å²) in [5.74, 6) is -1.13. The Kier molecular flexibility index (Phi) is 8.15. The van der Waals surface area contributed by atoms with Gasteiger partial charge in [-0.2, -0.15) is 0 Å². The maximum absolute atomic E-state index is 11.3. The fourth-order valence-corrected chi connectivity index (χ4v) is 0.861. The van der Waals surface area contributed by atoms with Gasteiger partial charge in [0, 0.05) is 12.7 Å². The number of allylic oxidation sites excluding steroid dienone is 1. The molecule has 0 heterocycles. The van der Waals surface area contributed by atoms with Gasteiger partial charge >= 0.3 is 11.9 Å². The summed E-state index contributed by atoms with van der Waals surface area (Å²) in [6.07, 6.45) is 1.88. The summed E-state index contributed by atoms with van der Waals surface area (Å²) < 4.78 is 14.6. The minimum Gasteiger partial charge on any atom is -0.461 e. The zero-order chi connectivity index (χ0) is 12.4. The average Bonchev–Trinajstić information content (AvgIpc) is 2.24. The first-order valence-electron chi connectivity index (χ1n) is 5.19. The summed E-state index contributed by atoms with van der Waals surface area (Å²) in [7, 11) is 0. The Hall–Kier alpha value is -1.36. The average molecular weight is 230 g/mol. The highest BCUT2D eigenvalue weighted by atomic mass is 16.6. The molecule has 0 rings (SSSR count). The molecule has 92 valence electrons. The number of rotatable bonds is 7. The summed E-state index contributed by atoms with van der Waals surface area (Å²) in [5, 5.41) is 0. The first-order valence-corrected chi connectivity index (χ1v) is 5.19. The van der Waals surface area contributed by atoms with Crippen molar-refractivity contribution in [2.45, 2.75) is 26.9 Å². The summed E-state index contributed by atoms with van der Waals surface area (Å²) in [5.41, 5.74) is 0. The van der Waals surface area contributed by atoms with Crippen molar-refractivity contribution in [1.82, 2.24) is 0 Å². The van der Waals surface area contributed by atoms with Crippen molar-refractivity contribution in [2.75, 3.05) is 19.8 Å². The van der Waals surface area contributed by atoms with Gasteiger partial charge in [0.05, 0.1) is 6.61 Å². The van der Waals surface area contributed by atoms with Gasteiger partial charge in [-0.1, -0.05) is 6.08 Å². The molecular formula is C11H18O5. The van der Waals surface area contributed by atoms with Crippen LogP contribution in [0.4, 0.5) is 0 Å². The molecule has 0 fully saturated rings. The van der Waals surface area contributed by atoms with Gasteiger partial charge in [-0.3, -0.25) is 0 Å². The van der Waals surface area contributed by atoms with Crippen LogP contribution in [0.2, 0.25) is 0 Å². The van der Waals surface area contributed by atoms with E-state index in [4.69, 9.17) is 14.2 Å². The predicted molar refractivity (Wildman–Crippen MR) is 57.8 cm³/mol. The molecule has 0 spiro atoms. The fraction of sp³-hybridized carbons (Fsp3) is 0.636. The lowest BCUT2D eigenvalue weighted by Gasteiger charge is -2.11. The molecule has 0 saturated heterocycles. The standard InChI is InChI=1S/C11H18O5/c1-4-6-10(12)16-9(3)11(13)15-8-7-14-5-2/h4,6,9H,5,7-8H2,1-3H3/b6-4-. The Balaban J connectivity index is 3.77. The highest BCUT2D eigenvalue weighted by molar-refractivity contribution is 5.85. The highest BCUT2D eigenvalue weighted by Crippen LogP contribution is 1.96. The highest BCUT2D eigenvalue weighted by Gasteiger charge is 2.17. The zero-order valence-electron chi connectivity index (χ0n) is 9.89. The predicted octanol–water partition coefficient (Wildman–Crippen LogP) is 1.07. The second-order valence-corrected chi connectivity index (χ2v) is 2.94. The van der Waals surface area contributed by atoms with Gasteiger partial charge in [0.15, 0.2) is 6.10 Å². The van der Waals surface area contributed by atoms with E-state index in [1.807, 2.05) is 6.92 Å². The van der Waals surface area contributed by atoms with E-state index in [1.54, 1.807) is 6.92 Å². The molecule has 0 aliphatic rings. The third kappa shape index (κ3) is 7.00. The Morgan fingerprint density at radius 2 is 2.00 bits per heavy atom. The summed E-state index contributed by atoms with van der Waals surface area (Å²) in [4.78, 5) is 22.3. The van der Waals surface area contributed by atoms with Crippen LogP contribution < -0.4 is 0 Å². The van der Waals surface area contributed by atoms with E-state index < -0.39 is 18.0 Å². The Labute approximate surface area is 95.4 Å². The van der Waals surface area contributed by atoms with Gasteiger partial charge in [0.1, 0.15) is 6.61 Å². The molecule has 0 saturated carbocycles. The fourth-order valence-electron chi connectivity index (χ4n) is 0.861. The maximum Gasteiger partial charge on any atom is 0.347 e. The summed E-state index contributed by atoms with van der Waals surface area (Å²) in [6, 6.07) is 0. The zero-order valence-corrected chi connectivity index (χ0v) is 9.89. The van der Waals surface area contributed by atoms with Crippen molar-refractivity contribution < 1.29 is 23.8 Å². The lowest BCUT2D eigenvalue weighted by molar-refractivity contribution is -0.164. The lowest BCUT2D eigenvalue weighted by atomic mass is 10.4. The number of ether oxygens (including phenoxy) is 3. The number of carbonyl (C=O) groups is 2. The SMILES string of the molecule is C/C=C\C(=O)OC(C)C(=O)OCCOCC. The van der Waals surface area contributed by atoms with Crippen molar-refractivity contribution in [3.63, 3.8) is 0 Å². The maximum atomic E-state index is 11.3. The van der Waals surface area contributed by atoms with Gasteiger partial charge in [0.2, 0.25) is 0 Å². The molecule has 0 aromatic rings. The molecular weight excluding hydrogens is 212 g/mol. The van der Waals surface area contributed by atoms with Crippen LogP contribution in [0.15, 0.2) is 12.2 Å². The van der Waals surface area contributed by atoms with Crippen molar-refractivity contribution in [2.24, 2.45) is 0 Å². The molecule has 0 aliphatic heterocycles. The van der Waals surface area contributed by atoms with Crippen molar-refractivity contribution >= 4 is 11.9 Å². The Morgan fingerprint density at radius 1 is 1.31 bits per heavy atom. The van der Waals surface area contributed by atoms with Crippen molar-refractivity contribution in [1.29, 1.82) is 0 Å². The lowest BCUT2D eigenvalue weighted by Crippen LogP contribution is -2.26. The van der Waals surface area contributed by atoms with E-state index in [9.17, 15) is 9.59 Å². The number of esters is 2. The molecule has 0 aliphatic carbocycles. The number of hydrogen-bond acceptors (Lipinski definition) is 5. The third-order valence-corrected chi connectivity index (χ3v) is 1.60. The van der Waals surface area contributed by atoms with E-state index in [2.05, 4.69) is 0 Å². The monoisotopic (exact) mass is 230 g/mol. The molecule has 0 bridgehead atoms. The van der Waals surface area contributed by atoms with Gasteiger partial charge < -0.3 is 14.2 Å². The van der Waals surface area contributed by atoms with Crippen LogP contribution in [0.3, 0.4) is 0 Å². The molecule has 0 aromatic carbocycles. The second-order valence-electron chi connectivity index (χ2n) is 2.94. The normalized spacial score (nSPS) is 12.4. The molecule has 0 radical (unpaired) electrons. The first kappa shape index (κ1) is 14.6. The molecule has 1 unspecified atom stereocenters. The summed E-state index contributed by atoms with van der Waals surface area (Å²) in [6.45, 7) is 6.08. The molecule has 5 heteroatoms. The number of hydrogen-bond donors (Lipinski definition) is 0. The minimum absolute atomic E-state index is 0.165. The van der Waals surface area contributed by atoms with E-state index in [0.29, 0.717) is 13.2 Å². The Morgan fingerprint density at radius 3 is 2.56 bits per heavy atom. The van der Waals surface area contributed by atoms with Gasteiger partial charge in [0.25, 0.3) is 0 Å². The minimum atomic E-state index is -0.898. The largest absolute Gasteiger partial charge is 0.461 e. The molecule has 16 heavy (non-hydrogen) atoms. The van der Waals surface area contributed by atoms with E-state index >= 15 is 0 Å². The quantitative estimate of drug-likeness (QED) is 0.372. The van der Waals surface area contributed by atoms with Crippen LogP contribution in [0.5, 0.6) is 0 Å². The molecule has 1 atom stereocenters. The van der Waals surface area contributed by atoms with Gasteiger partial charge in [-0.05, 0) is 20.8 Å². The topological polar surface area (TPSA) is 61.8 Å². The number of carbonyl (C=O) groups excluding carboxylic acids is 2. The molecule has 0 N–H and O–H groups in total. The van der Waals surface area contributed by atoms with Crippen LogP contribution in [-0.4, -0.2) is 37.9 Å². The van der Waals surface area contributed by atoms with E-state index in [1.165, 1.54) is 19.1 Å². The third-order valence-electron chi connectivity index (χ3n) is 1.60. The van der Waals surface area contributed by atoms with Gasteiger partial charge in [-0.25, -0.2) is 9.59 Å². The van der Waals surface area contributed by atoms with Gasteiger partial charge in [-0.15, -0.1) is 0 Å². The first-order chi connectivity index (χ1) is 7.61. The molecule has 0 aromatic heterocycles. The van der Waals surface area contributed by atoms with Crippen LogP contribution in [0.25, 0.3) is 0 Å².